The smallest absolute Gasteiger partial charge is 0.299 e. The Balaban J connectivity index is 2.48. The van der Waals surface area contributed by atoms with E-state index in [0.29, 0.717) is 23.3 Å². The standard InChI is InChI=1S/C16H14N2O3S/c1-18-15(20)14-12(6-7-22-14)13(16(18)21-9-19)11-5-3-2-4-10(11)8-17/h2-7,9H,8,17H2,1H3. The Morgan fingerprint density at radius 1 is 1.32 bits per heavy atom. The van der Waals surface area contributed by atoms with E-state index in [1.165, 1.54) is 15.9 Å². The number of nitrogens with zero attached hydrogens (tertiary/aromatic N) is 1. The van der Waals surface area contributed by atoms with Crippen molar-refractivity contribution in [2.45, 2.75) is 6.54 Å². The molecule has 2 heterocycles. The molecule has 0 bridgehead atoms. The summed E-state index contributed by atoms with van der Waals surface area (Å²) < 4.78 is 7.11. The summed E-state index contributed by atoms with van der Waals surface area (Å²) in [5, 5.41) is 2.62. The SMILES string of the molecule is Cn1c(OC=O)c(-c2ccccc2CN)c2ccsc2c1=O. The first-order valence-electron chi connectivity index (χ1n) is 6.68. The van der Waals surface area contributed by atoms with Gasteiger partial charge in [-0.1, -0.05) is 24.3 Å². The Hall–Kier alpha value is -2.44. The van der Waals surface area contributed by atoms with Crippen LogP contribution in [0.1, 0.15) is 5.56 Å². The second kappa shape index (κ2) is 5.75. The number of hydrogen-bond acceptors (Lipinski definition) is 5. The van der Waals surface area contributed by atoms with Gasteiger partial charge in [0.1, 0.15) is 4.70 Å². The van der Waals surface area contributed by atoms with Crippen molar-refractivity contribution in [3.8, 4) is 17.0 Å². The summed E-state index contributed by atoms with van der Waals surface area (Å²) in [4.78, 5) is 23.3. The molecule has 112 valence electrons. The molecule has 2 aromatic heterocycles. The van der Waals surface area contributed by atoms with E-state index in [0.717, 1.165) is 16.5 Å². The maximum Gasteiger partial charge on any atom is 0.299 e. The molecule has 1 aromatic carbocycles. The molecule has 0 unspecified atom stereocenters. The quantitative estimate of drug-likeness (QED) is 0.750. The Kier molecular flexibility index (Phi) is 3.79. The highest BCUT2D eigenvalue weighted by Gasteiger charge is 2.20. The molecule has 0 radical (unpaired) electrons. The van der Waals surface area contributed by atoms with Crippen LogP contribution < -0.4 is 16.0 Å². The van der Waals surface area contributed by atoms with E-state index in [1.54, 1.807) is 7.05 Å². The maximum atomic E-state index is 12.4. The zero-order valence-corrected chi connectivity index (χ0v) is 12.7. The fourth-order valence-corrected chi connectivity index (χ4v) is 3.46. The third-order valence-electron chi connectivity index (χ3n) is 3.62. The van der Waals surface area contributed by atoms with Gasteiger partial charge >= 0.3 is 0 Å². The highest BCUT2D eigenvalue weighted by Crippen LogP contribution is 2.38. The molecule has 3 rings (SSSR count). The molecule has 6 heteroatoms. The Morgan fingerprint density at radius 2 is 2.09 bits per heavy atom. The van der Waals surface area contributed by atoms with Crippen molar-refractivity contribution in [3.63, 3.8) is 0 Å². The van der Waals surface area contributed by atoms with Gasteiger partial charge in [-0.2, -0.15) is 0 Å². The number of thiophene rings is 1. The summed E-state index contributed by atoms with van der Waals surface area (Å²) >= 11 is 1.37. The van der Waals surface area contributed by atoms with Crippen LogP contribution in [0.4, 0.5) is 0 Å². The van der Waals surface area contributed by atoms with Crippen molar-refractivity contribution >= 4 is 27.9 Å². The van der Waals surface area contributed by atoms with Crippen LogP contribution in [0.5, 0.6) is 5.88 Å². The second-order valence-corrected chi connectivity index (χ2v) is 5.70. The molecule has 0 fully saturated rings. The van der Waals surface area contributed by atoms with Crippen LogP contribution in [0.25, 0.3) is 21.2 Å². The first-order chi connectivity index (χ1) is 10.7. The van der Waals surface area contributed by atoms with Gasteiger partial charge in [0, 0.05) is 19.0 Å². The molecule has 0 spiro atoms. The average molecular weight is 314 g/mol. The van der Waals surface area contributed by atoms with Gasteiger partial charge in [0.25, 0.3) is 12.0 Å². The molecule has 0 aliphatic carbocycles. The van der Waals surface area contributed by atoms with Crippen LogP contribution in [0.15, 0.2) is 40.5 Å². The molecular weight excluding hydrogens is 300 g/mol. The number of rotatable bonds is 4. The van der Waals surface area contributed by atoms with Crippen LogP contribution >= 0.6 is 11.3 Å². The summed E-state index contributed by atoms with van der Waals surface area (Å²) in [7, 11) is 1.59. The first kappa shape index (κ1) is 14.5. The molecule has 0 saturated carbocycles. The van der Waals surface area contributed by atoms with Gasteiger partial charge in [0.2, 0.25) is 5.88 Å². The predicted octanol–water partition coefficient (Wildman–Crippen LogP) is 2.26. The lowest BCUT2D eigenvalue weighted by atomic mass is 9.98. The average Bonchev–Trinajstić information content (AvgIpc) is 3.02. The Bertz CT molecular complexity index is 911. The van der Waals surface area contributed by atoms with E-state index in [9.17, 15) is 9.59 Å². The minimum atomic E-state index is -0.184. The van der Waals surface area contributed by atoms with Gasteiger partial charge in [0.05, 0.1) is 5.56 Å². The van der Waals surface area contributed by atoms with Crippen LogP contribution in [0.3, 0.4) is 0 Å². The number of benzene rings is 1. The summed E-state index contributed by atoms with van der Waals surface area (Å²) in [6.07, 6.45) is 0. The number of carbonyl (C=O) groups is 1. The van der Waals surface area contributed by atoms with Crippen molar-refractivity contribution in [3.05, 3.63) is 51.6 Å². The lowest BCUT2D eigenvalue weighted by Gasteiger charge is -2.15. The number of aromatic nitrogens is 1. The molecule has 0 aliphatic heterocycles. The summed E-state index contributed by atoms with van der Waals surface area (Å²) in [6.45, 7) is 0.687. The number of hydrogen-bond donors (Lipinski definition) is 1. The first-order valence-corrected chi connectivity index (χ1v) is 7.55. The van der Waals surface area contributed by atoms with Gasteiger partial charge in [-0.3, -0.25) is 14.2 Å². The zero-order chi connectivity index (χ0) is 15.7. The third-order valence-corrected chi connectivity index (χ3v) is 4.52. The number of pyridine rings is 1. The third kappa shape index (κ3) is 2.13. The van der Waals surface area contributed by atoms with Crippen molar-refractivity contribution in [2.24, 2.45) is 12.8 Å². The number of carbonyl (C=O) groups excluding carboxylic acids is 1. The van der Waals surface area contributed by atoms with Gasteiger partial charge in [0.15, 0.2) is 0 Å². The highest BCUT2D eigenvalue weighted by molar-refractivity contribution is 7.17. The molecule has 3 aromatic rings. The van der Waals surface area contributed by atoms with Crippen molar-refractivity contribution in [1.29, 1.82) is 0 Å². The van der Waals surface area contributed by atoms with E-state index in [-0.39, 0.29) is 11.4 Å². The van der Waals surface area contributed by atoms with Crippen molar-refractivity contribution in [2.75, 3.05) is 0 Å². The maximum absolute atomic E-state index is 12.4. The van der Waals surface area contributed by atoms with Gasteiger partial charge in [-0.05, 0) is 22.6 Å². The van der Waals surface area contributed by atoms with Crippen LogP contribution in [0, 0.1) is 0 Å². The number of nitrogens with two attached hydrogens (primary N) is 1. The molecule has 22 heavy (non-hydrogen) atoms. The fraction of sp³-hybridized carbons (Fsp3) is 0.125. The second-order valence-electron chi connectivity index (χ2n) is 4.78. The summed E-state index contributed by atoms with van der Waals surface area (Å²) in [6, 6.07) is 9.49. The molecule has 0 amide bonds. The highest BCUT2D eigenvalue weighted by atomic mass is 32.1. The number of ether oxygens (including phenoxy) is 1. The van der Waals surface area contributed by atoms with Crippen LogP contribution in [-0.2, 0) is 18.4 Å². The topological polar surface area (TPSA) is 74.3 Å². The van der Waals surface area contributed by atoms with E-state index in [2.05, 4.69) is 0 Å². The van der Waals surface area contributed by atoms with Gasteiger partial charge in [-0.15, -0.1) is 11.3 Å². The normalized spacial score (nSPS) is 10.8. The minimum absolute atomic E-state index is 0.184. The Morgan fingerprint density at radius 3 is 2.82 bits per heavy atom. The molecule has 5 nitrogen and oxygen atoms in total. The van der Waals surface area contributed by atoms with E-state index in [1.807, 2.05) is 35.7 Å². The van der Waals surface area contributed by atoms with Crippen molar-refractivity contribution in [1.82, 2.24) is 4.57 Å². The van der Waals surface area contributed by atoms with Gasteiger partial charge in [-0.25, -0.2) is 0 Å². The molecular formula is C16H14N2O3S. The van der Waals surface area contributed by atoms with Crippen molar-refractivity contribution < 1.29 is 9.53 Å². The lowest BCUT2D eigenvalue weighted by molar-refractivity contribution is -0.121. The molecule has 2 N–H and O–H groups in total. The summed E-state index contributed by atoms with van der Waals surface area (Å²) in [5.74, 6) is 0.229. The monoisotopic (exact) mass is 314 g/mol. The minimum Gasteiger partial charge on any atom is -0.411 e. The summed E-state index contributed by atoms with van der Waals surface area (Å²) in [5.41, 5.74) is 8.14. The predicted molar refractivity (Wildman–Crippen MR) is 87.1 cm³/mol. The Labute approximate surface area is 130 Å². The lowest BCUT2D eigenvalue weighted by Crippen LogP contribution is -2.19. The zero-order valence-electron chi connectivity index (χ0n) is 11.9. The molecule has 0 atom stereocenters. The molecule has 0 aliphatic rings. The largest absolute Gasteiger partial charge is 0.411 e. The fourth-order valence-electron chi connectivity index (χ4n) is 2.59. The van der Waals surface area contributed by atoms with Gasteiger partial charge < -0.3 is 10.5 Å². The van der Waals surface area contributed by atoms with Crippen LogP contribution in [0.2, 0.25) is 0 Å². The van der Waals surface area contributed by atoms with E-state index in [4.69, 9.17) is 10.5 Å². The van der Waals surface area contributed by atoms with E-state index < -0.39 is 0 Å². The van der Waals surface area contributed by atoms with Crippen LogP contribution in [-0.4, -0.2) is 11.0 Å². The number of fused-ring (bicyclic) bond motifs is 1. The van der Waals surface area contributed by atoms with E-state index >= 15 is 0 Å². The molecule has 0 saturated heterocycles.